The molecule has 0 fully saturated rings. The summed E-state index contributed by atoms with van der Waals surface area (Å²) in [6.45, 7) is 5.80. The fraction of sp³-hybridized carbons (Fsp3) is 0.222. The number of sulfonamides is 1. The van der Waals surface area contributed by atoms with Crippen molar-refractivity contribution in [3.05, 3.63) is 69.0 Å². The summed E-state index contributed by atoms with van der Waals surface area (Å²) in [5.41, 5.74) is 3.15. The van der Waals surface area contributed by atoms with Crippen LogP contribution in [-0.2, 0) is 16.6 Å². The van der Waals surface area contributed by atoms with Crippen LogP contribution in [0.25, 0.3) is 0 Å². The molecular weight excluding hydrogens is 407 g/mol. The maximum Gasteiger partial charge on any atom is 0.264 e. The molecule has 0 aliphatic heterocycles. The first-order chi connectivity index (χ1) is 12.7. The molecular formula is C18H18Cl2N4O2S. The topological polar surface area (TPSA) is 76.9 Å². The van der Waals surface area contributed by atoms with Crippen molar-refractivity contribution in [2.24, 2.45) is 0 Å². The van der Waals surface area contributed by atoms with Crippen LogP contribution in [0.15, 0.2) is 41.6 Å². The van der Waals surface area contributed by atoms with Gasteiger partial charge >= 0.3 is 0 Å². The van der Waals surface area contributed by atoms with E-state index in [-0.39, 0.29) is 10.8 Å². The molecule has 9 heteroatoms. The third-order valence-electron chi connectivity index (χ3n) is 3.98. The highest BCUT2D eigenvalue weighted by Crippen LogP contribution is 2.24. The van der Waals surface area contributed by atoms with Crippen LogP contribution in [0.1, 0.15) is 22.3 Å². The molecule has 1 aromatic heterocycles. The lowest BCUT2D eigenvalue weighted by Crippen LogP contribution is -2.17. The second-order valence-electron chi connectivity index (χ2n) is 6.33. The third kappa shape index (κ3) is 4.43. The quantitative estimate of drug-likeness (QED) is 0.659. The normalized spacial score (nSPS) is 11.6. The van der Waals surface area contributed by atoms with E-state index in [0.29, 0.717) is 27.7 Å². The van der Waals surface area contributed by atoms with E-state index >= 15 is 0 Å². The number of rotatable bonds is 5. The Morgan fingerprint density at radius 2 is 1.74 bits per heavy atom. The zero-order chi connectivity index (χ0) is 19.8. The van der Waals surface area contributed by atoms with Gasteiger partial charge in [0.2, 0.25) is 0 Å². The summed E-state index contributed by atoms with van der Waals surface area (Å²) in [6, 6.07) is 8.82. The lowest BCUT2D eigenvalue weighted by atomic mass is 10.1. The predicted octanol–water partition coefficient (Wildman–Crippen LogP) is 4.36. The summed E-state index contributed by atoms with van der Waals surface area (Å²) in [6.07, 6.45) is 1.44. The first kappa shape index (κ1) is 19.7. The molecule has 0 spiro atoms. The molecule has 0 saturated heterocycles. The van der Waals surface area contributed by atoms with Crippen LogP contribution < -0.4 is 4.72 Å². The maximum absolute atomic E-state index is 12.8. The van der Waals surface area contributed by atoms with Gasteiger partial charge in [0.25, 0.3) is 16.0 Å². The molecule has 27 heavy (non-hydrogen) atoms. The zero-order valence-corrected chi connectivity index (χ0v) is 17.3. The first-order valence-electron chi connectivity index (χ1n) is 8.10. The van der Waals surface area contributed by atoms with E-state index in [1.165, 1.54) is 11.0 Å². The van der Waals surface area contributed by atoms with Crippen molar-refractivity contribution in [1.29, 1.82) is 0 Å². The molecule has 0 saturated carbocycles. The molecule has 0 aliphatic carbocycles. The Morgan fingerprint density at radius 1 is 1.07 bits per heavy atom. The SMILES string of the molecule is Cc1cc(C)c(S(=O)(=O)Nc2ncn(Cc3ccc(Cl)cc3Cl)n2)c(C)c1. The summed E-state index contributed by atoms with van der Waals surface area (Å²) >= 11 is 12.1. The number of nitrogens with one attached hydrogen (secondary N) is 1. The van der Waals surface area contributed by atoms with E-state index < -0.39 is 10.0 Å². The minimum absolute atomic E-state index is 0.000499. The average molecular weight is 425 g/mol. The van der Waals surface area contributed by atoms with Crippen LogP contribution >= 0.6 is 23.2 Å². The van der Waals surface area contributed by atoms with Crippen molar-refractivity contribution in [3.8, 4) is 0 Å². The van der Waals surface area contributed by atoms with Gasteiger partial charge in [0.05, 0.1) is 11.4 Å². The van der Waals surface area contributed by atoms with Gasteiger partial charge in [-0.3, -0.25) is 0 Å². The molecule has 3 rings (SSSR count). The highest BCUT2D eigenvalue weighted by molar-refractivity contribution is 7.92. The number of hydrogen-bond acceptors (Lipinski definition) is 4. The van der Waals surface area contributed by atoms with Gasteiger partial charge in [0, 0.05) is 10.0 Å². The van der Waals surface area contributed by atoms with E-state index in [1.54, 1.807) is 32.0 Å². The zero-order valence-electron chi connectivity index (χ0n) is 15.0. The molecule has 1 N–H and O–H groups in total. The Labute approximate surface area is 168 Å². The summed E-state index contributed by atoms with van der Waals surface area (Å²) < 4.78 is 29.5. The number of anilines is 1. The Bertz CT molecular complexity index is 1090. The second-order valence-corrected chi connectivity index (χ2v) is 8.80. The van der Waals surface area contributed by atoms with Crippen LogP contribution in [-0.4, -0.2) is 23.2 Å². The Morgan fingerprint density at radius 3 is 2.37 bits per heavy atom. The van der Waals surface area contributed by atoms with E-state index in [0.717, 1.165) is 11.1 Å². The van der Waals surface area contributed by atoms with Crippen LogP contribution in [0.3, 0.4) is 0 Å². The first-order valence-corrected chi connectivity index (χ1v) is 10.3. The van der Waals surface area contributed by atoms with Crippen LogP contribution in [0.5, 0.6) is 0 Å². The number of aromatic nitrogens is 3. The van der Waals surface area contributed by atoms with Gasteiger partial charge in [-0.1, -0.05) is 47.0 Å². The Hall–Kier alpha value is -2.09. The smallest absolute Gasteiger partial charge is 0.246 e. The highest BCUT2D eigenvalue weighted by atomic mass is 35.5. The van der Waals surface area contributed by atoms with Crippen molar-refractivity contribution in [2.45, 2.75) is 32.2 Å². The van der Waals surface area contributed by atoms with Crippen molar-refractivity contribution in [1.82, 2.24) is 14.8 Å². The molecule has 3 aromatic rings. The minimum Gasteiger partial charge on any atom is -0.246 e. The number of hydrogen-bond donors (Lipinski definition) is 1. The van der Waals surface area contributed by atoms with E-state index in [1.807, 2.05) is 19.1 Å². The van der Waals surface area contributed by atoms with Crippen molar-refractivity contribution in [3.63, 3.8) is 0 Å². The largest absolute Gasteiger partial charge is 0.264 e. The number of benzene rings is 2. The summed E-state index contributed by atoms with van der Waals surface area (Å²) in [5, 5.41) is 5.23. The van der Waals surface area contributed by atoms with Crippen LogP contribution in [0.2, 0.25) is 10.0 Å². The monoisotopic (exact) mass is 424 g/mol. The number of aryl methyl sites for hydroxylation is 3. The van der Waals surface area contributed by atoms with E-state index in [4.69, 9.17) is 23.2 Å². The van der Waals surface area contributed by atoms with Gasteiger partial charge in [-0.25, -0.2) is 17.8 Å². The van der Waals surface area contributed by atoms with Gasteiger partial charge < -0.3 is 0 Å². The molecule has 2 aromatic carbocycles. The molecule has 0 amide bonds. The third-order valence-corrected chi connectivity index (χ3v) is 6.20. The van der Waals surface area contributed by atoms with Gasteiger partial charge in [-0.05, 0) is 49.6 Å². The molecule has 6 nitrogen and oxygen atoms in total. The van der Waals surface area contributed by atoms with Crippen molar-refractivity contribution >= 4 is 39.2 Å². The van der Waals surface area contributed by atoms with Crippen molar-refractivity contribution < 1.29 is 8.42 Å². The summed E-state index contributed by atoms with van der Waals surface area (Å²) in [5.74, 6) is -0.000499. The molecule has 0 atom stereocenters. The maximum atomic E-state index is 12.8. The molecule has 0 bridgehead atoms. The van der Waals surface area contributed by atoms with Crippen LogP contribution in [0, 0.1) is 20.8 Å². The van der Waals surface area contributed by atoms with Crippen LogP contribution in [0.4, 0.5) is 5.95 Å². The Kier molecular flexibility index (Phi) is 5.46. The van der Waals surface area contributed by atoms with Gasteiger partial charge in [0.15, 0.2) is 0 Å². The molecule has 1 heterocycles. The predicted molar refractivity (Wildman–Crippen MR) is 107 cm³/mol. The van der Waals surface area contributed by atoms with Crippen molar-refractivity contribution in [2.75, 3.05) is 4.72 Å². The lowest BCUT2D eigenvalue weighted by molar-refractivity contribution is 0.599. The fourth-order valence-electron chi connectivity index (χ4n) is 3.00. The molecule has 0 radical (unpaired) electrons. The fourth-order valence-corrected chi connectivity index (χ4v) is 4.87. The highest BCUT2D eigenvalue weighted by Gasteiger charge is 2.21. The molecule has 0 aliphatic rings. The summed E-state index contributed by atoms with van der Waals surface area (Å²) in [7, 11) is -3.80. The van der Waals surface area contributed by atoms with E-state index in [9.17, 15) is 8.42 Å². The number of nitrogens with zero attached hydrogens (tertiary/aromatic N) is 3. The number of halogens is 2. The Balaban J connectivity index is 1.83. The average Bonchev–Trinajstić information content (AvgIpc) is 2.95. The summed E-state index contributed by atoms with van der Waals surface area (Å²) in [4.78, 5) is 4.28. The minimum atomic E-state index is -3.80. The van der Waals surface area contributed by atoms with Gasteiger partial charge in [0.1, 0.15) is 6.33 Å². The second kappa shape index (κ2) is 7.50. The lowest BCUT2D eigenvalue weighted by Gasteiger charge is -2.12. The van der Waals surface area contributed by atoms with Gasteiger partial charge in [-0.2, -0.15) is 4.98 Å². The van der Waals surface area contributed by atoms with Gasteiger partial charge in [-0.15, -0.1) is 5.10 Å². The van der Waals surface area contributed by atoms with E-state index in [2.05, 4.69) is 14.8 Å². The molecule has 142 valence electrons. The molecule has 0 unspecified atom stereocenters. The standard InChI is InChI=1S/C18H18Cl2N4O2S/c1-11-6-12(2)17(13(3)7-11)27(25,26)23-18-21-10-24(22-18)9-14-4-5-15(19)8-16(14)20/h4-8,10H,9H2,1-3H3,(H,22,23).